The number of rotatable bonds is 9. The number of carboxylic acid groups (broad SMARTS) is 1. The van der Waals surface area contributed by atoms with Crippen LogP contribution in [-0.2, 0) is 31.4 Å². The number of imidazole rings is 1. The average Bonchev–Trinajstić information content (AvgIpc) is 3.65. The molecule has 50 heavy (non-hydrogen) atoms. The third kappa shape index (κ3) is 6.79. The summed E-state index contributed by atoms with van der Waals surface area (Å²) in [5.74, 6) is 1.90. The van der Waals surface area contributed by atoms with Gasteiger partial charge in [0.1, 0.15) is 35.4 Å². The van der Waals surface area contributed by atoms with Crippen LogP contribution in [0.15, 0.2) is 73.1 Å². The smallest absolute Gasteiger partial charge is 0.335 e. The lowest BCUT2D eigenvalue weighted by Crippen LogP contribution is -2.31. The van der Waals surface area contributed by atoms with Crippen molar-refractivity contribution in [1.82, 2.24) is 24.3 Å². The second-order valence-electron chi connectivity index (χ2n) is 11.8. The molecule has 1 saturated heterocycles. The molecule has 4 heterocycles. The minimum absolute atomic E-state index is 0.0485. The first-order valence-electron chi connectivity index (χ1n) is 15.5. The number of aryl methyl sites for hydroxylation is 1. The largest absolute Gasteiger partial charge is 0.478 e. The first kappa shape index (κ1) is 32.5. The monoisotopic (exact) mass is 681 g/mol. The van der Waals surface area contributed by atoms with Crippen molar-refractivity contribution < 1.29 is 36.9 Å². The van der Waals surface area contributed by atoms with E-state index in [1.807, 2.05) is 0 Å². The molecule has 0 bridgehead atoms. The SMILES string of the molecule is Cn1cc(C#Cc2ccc(COc3cccc(-c4cc(F)c(Cc5nc6c(F)cc(C(=O)O)cc6n5C[C@@H]5CCO5)cc4F)n3)c(F)c2)cn1. The Hall–Kier alpha value is -6.00. The van der Waals surface area contributed by atoms with Crippen molar-refractivity contribution in [2.75, 3.05) is 6.61 Å². The van der Waals surface area contributed by atoms with E-state index in [2.05, 4.69) is 26.9 Å². The zero-order chi connectivity index (χ0) is 34.9. The fourth-order valence-corrected chi connectivity index (χ4v) is 5.58. The summed E-state index contributed by atoms with van der Waals surface area (Å²) in [5, 5.41) is 13.5. The maximum absolute atomic E-state index is 15.6. The lowest BCUT2D eigenvalue weighted by molar-refractivity contribution is -0.0589. The highest BCUT2D eigenvalue weighted by Crippen LogP contribution is 2.30. The van der Waals surface area contributed by atoms with Crippen molar-refractivity contribution in [3.63, 3.8) is 0 Å². The van der Waals surface area contributed by atoms with Gasteiger partial charge in [0.25, 0.3) is 0 Å². The van der Waals surface area contributed by atoms with Gasteiger partial charge in [0.05, 0.1) is 41.2 Å². The quantitative estimate of drug-likeness (QED) is 0.138. The molecule has 1 aliphatic rings. The number of aromatic carboxylic acids is 1. The molecule has 0 radical (unpaired) electrons. The van der Waals surface area contributed by atoms with E-state index >= 15 is 8.78 Å². The third-order valence-corrected chi connectivity index (χ3v) is 8.28. The van der Waals surface area contributed by atoms with Crippen molar-refractivity contribution in [2.24, 2.45) is 7.05 Å². The van der Waals surface area contributed by atoms with Crippen LogP contribution in [-0.4, -0.2) is 48.1 Å². The molecule has 3 aromatic heterocycles. The van der Waals surface area contributed by atoms with Crippen LogP contribution in [0.4, 0.5) is 17.6 Å². The van der Waals surface area contributed by atoms with Gasteiger partial charge in [-0.3, -0.25) is 4.68 Å². The van der Waals surface area contributed by atoms with Crippen molar-refractivity contribution in [2.45, 2.75) is 32.1 Å². The van der Waals surface area contributed by atoms with Gasteiger partial charge in [-0.05, 0) is 54.4 Å². The number of hydrogen-bond acceptors (Lipinski definition) is 6. The van der Waals surface area contributed by atoms with Crippen LogP contribution in [0.1, 0.15) is 44.9 Å². The molecule has 3 aromatic carbocycles. The molecule has 0 saturated carbocycles. The van der Waals surface area contributed by atoms with Crippen molar-refractivity contribution in [3.8, 4) is 29.0 Å². The Bertz CT molecular complexity index is 2340. The van der Waals surface area contributed by atoms with Gasteiger partial charge in [-0.25, -0.2) is 32.3 Å². The van der Waals surface area contributed by atoms with Crippen LogP contribution >= 0.6 is 0 Å². The van der Waals surface area contributed by atoms with Crippen LogP contribution in [0.5, 0.6) is 5.88 Å². The minimum Gasteiger partial charge on any atom is -0.478 e. The highest BCUT2D eigenvalue weighted by Gasteiger charge is 2.25. The number of carbonyl (C=O) groups is 1. The number of fused-ring (bicyclic) bond motifs is 1. The Labute approximate surface area is 282 Å². The van der Waals surface area contributed by atoms with Gasteiger partial charge in [-0.2, -0.15) is 5.10 Å². The van der Waals surface area contributed by atoms with E-state index in [-0.39, 0.29) is 76.4 Å². The molecule has 9 nitrogen and oxygen atoms in total. The molecule has 1 atom stereocenters. The van der Waals surface area contributed by atoms with Gasteiger partial charge in [0, 0.05) is 49.0 Å². The summed E-state index contributed by atoms with van der Waals surface area (Å²) in [6.45, 7) is 0.619. The van der Waals surface area contributed by atoms with E-state index in [0.717, 1.165) is 24.6 Å². The summed E-state index contributed by atoms with van der Waals surface area (Å²) < 4.78 is 75.3. The topological polar surface area (TPSA) is 104 Å². The highest BCUT2D eigenvalue weighted by atomic mass is 19.1. The lowest BCUT2D eigenvalue weighted by Gasteiger charge is -2.27. The normalized spacial score (nSPS) is 13.9. The Balaban J connectivity index is 1.10. The average molecular weight is 682 g/mol. The number of hydrogen-bond donors (Lipinski definition) is 1. The van der Waals surface area contributed by atoms with E-state index in [4.69, 9.17) is 9.47 Å². The summed E-state index contributed by atoms with van der Waals surface area (Å²) in [6, 6.07) is 13.3. The predicted molar refractivity (Wildman–Crippen MR) is 173 cm³/mol. The lowest BCUT2D eigenvalue weighted by atomic mass is 10.0. The molecule has 7 rings (SSSR count). The second kappa shape index (κ2) is 13.5. The second-order valence-corrected chi connectivity index (χ2v) is 11.8. The molecule has 0 spiro atoms. The minimum atomic E-state index is -1.31. The molecular formula is C37H27F4N5O4. The maximum Gasteiger partial charge on any atom is 0.335 e. The zero-order valence-electron chi connectivity index (χ0n) is 26.5. The molecule has 1 fully saturated rings. The number of carboxylic acids is 1. The van der Waals surface area contributed by atoms with Crippen LogP contribution in [0.3, 0.4) is 0 Å². The summed E-state index contributed by atoms with van der Waals surface area (Å²) in [6.07, 6.45) is 3.67. The summed E-state index contributed by atoms with van der Waals surface area (Å²) >= 11 is 0. The summed E-state index contributed by atoms with van der Waals surface area (Å²) in [4.78, 5) is 20.2. The van der Waals surface area contributed by atoms with E-state index in [1.54, 1.807) is 46.9 Å². The van der Waals surface area contributed by atoms with Crippen molar-refractivity contribution >= 4 is 17.0 Å². The number of ether oxygens (including phenoxy) is 2. The van der Waals surface area contributed by atoms with Gasteiger partial charge in [-0.1, -0.05) is 24.0 Å². The number of aromatic nitrogens is 5. The molecule has 0 unspecified atom stereocenters. The molecular weight excluding hydrogens is 654 g/mol. The van der Waals surface area contributed by atoms with E-state index in [1.165, 1.54) is 24.3 Å². The van der Waals surface area contributed by atoms with Crippen LogP contribution < -0.4 is 4.74 Å². The molecule has 1 aliphatic heterocycles. The first-order chi connectivity index (χ1) is 24.1. The fraction of sp³-hybridized carbons (Fsp3) is 0.189. The van der Waals surface area contributed by atoms with Crippen molar-refractivity contribution in [1.29, 1.82) is 0 Å². The van der Waals surface area contributed by atoms with Crippen LogP contribution in [0.2, 0.25) is 0 Å². The van der Waals surface area contributed by atoms with E-state index in [0.29, 0.717) is 17.7 Å². The Morgan fingerprint density at radius 3 is 2.48 bits per heavy atom. The number of pyridine rings is 1. The van der Waals surface area contributed by atoms with Gasteiger partial charge in [0.15, 0.2) is 5.82 Å². The molecule has 252 valence electrons. The summed E-state index contributed by atoms with van der Waals surface area (Å²) in [7, 11) is 1.77. The highest BCUT2D eigenvalue weighted by molar-refractivity contribution is 5.92. The van der Waals surface area contributed by atoms with Gasteiger partial charge in [-0.15, -0.1) is 0 Å². The first-order valence-corrected chi connectivity index (χ1v) is 15.5. The molecule has 6 aromatic rings. The number of halogens is 4. The van der Waals surface area contributed by atoms with Gasteiger partial charge in [0.2, 0.25) is 5.88 Å². The van der Waals surface area contributed by atoms with Crippen molar-refractivity contribution in [3.05, 3.63) is 130 Å². The van der Waals surface area contributed by atoms with Crippen LogP contribution in [0.25, 0.3) is 22.3 Å². The fourth-order valence-electron chi connectivity index (χ4n) is 5.58. The van der Waals surface area contributed by atoms with Crippen LogP contribution in [0, 0.1) is 35.1 Å². The Kier molecular flexibility index (Phi) is 8.78. The summed E-state index contributed by atoms with van der Waals surface area (Å²) in [5.41, 5.74) is 1.21. The number of nitrogens with zero attached hydrogens (tertiary/aromatic N) is 5. The Morgan fingerprint density at radius 1 is 0.960 bits per heavy atom. The Morgan fingerprint density at radius 2 is 1.76 bits per heavy atom. The molecule has 0 amide bonds. The standard InChI is InChI=1S/C37H27F4N5O4/c1-45-18-22(17-42-45)6-5-21-7-8-23(28(38)11-21)20-50-35-4-2-3-32(43-35)27-16-29(39)24(12-30(27)40)15-34-44-36-31(41)13-25(37(47)48)14-33(36)46(34)19-26-9-10-49-26/h2-4,7-8,11-14,16-18,26H,9-10,15,19-20H2,1H3,(H,47,48)/t26-/m0/s1. The molecule has 1 N–H and O–H groups in total. The van der Waals surface area contributed by atoms with Gasteiger partial charge < -0.3 is 19.1 Å². The molecule has 0 aliphatic carbocycles. The molecule has 13 heteroatoms. The third-order valence-electron chi connectivity index (χ3n) is 8.28. The van der Waals surface area contributed by atoms with Gasteiger partial charge >= 0.3 is 5.97 Å². The predicted octanol–water partition coefficient (Wildman–Crippen LogP) is 6.44. The van der Waals surface area contributed by atoms with E-state index in [9.17, 15) is 18.7 Å². The number of benzene rings is 3. The van der Waals surface area contributed by atoms with E-state index < -0.39 is 29.2 Å². The maximum atomic E-state index is 15.6. The zero-order valence-corrected chi connectivity index (χ0v) is 26.5.